The molecule has 1 saturated heterocycles. The molecule has 3 rings (SSSR count). The van der Waals surface area contributed by atoms with Crippen LogP contribution in [0.5, 0.6) is 5.75 Å². The van der Waals surface area contributed by atoms with Gasteiger partial charge in [-0.3, -0.25) is 0 Å². The second-order valence-corrected chi connectivity index (χ2v) is 8.27. The van der Waals surface area contributed by atoms with Crippen LogP contribution < -0.4 is 20.3 Å². The molecule has 0 unspecified atom stereocenters. The van der Waals surface area contributed by atoms with Crippen molar-refractivity contribution in [1.29, 1.82) is 0 Å². The quantitative estimate of drug-likeness (QED) is 0.656. The van der Waals surface area contributed by atoms with Gasteiger partial charge in [0, 0.05) is 37.1 Å². The minimum absolute atomic E-state index is 0.149. The van der Waals surface area contributed by atoms with Gasteiger partial charge in [-0.2, -0.15) is 0 Å². The van der Waals surface area contributed by atoms with Gasteiger partial charge in [0.05, 0.1) is 6.10 Å². The van der Waals surface area contributed by atoms with Gasteiger partial charge in [-0.05, 0) is 74.7 Å². The predicted octanol–water partition coefficient (Wildman–Crippen LogP) is 5.20. The van der Waals surface area contributed by atoms with Crippen molar-refractivity contribution in [2.24, 2.45) is 5.92 Å². The SMILES string of the molecule is CC(C)Oc1cccc(NC(=S)NCc2ccc(N3CCC[C@H](C)C3)cc2)c1. The minimum Gasteiger partial charge on any atom is -0.491 e. The van der Waals surface area contributed by atoms with Gasteiger partial charge in [-0.15, -0.1) is 0 Å². The summed E-state index contributed by atoms with van der Waals surface area (Å²) in [6, 6.07) is 16.7. The van der Waals surface area contributed by atoms with E-state index in [2.05, 4.69) is 46.7 Å². The van der Waals surface area contributed by atoms with Crippen molar-refractivity contribution in [3.05, 3.63) is 54.1 Å². The molecule has 5 heteroatoms. The van der Waals surface area contributed by atoms with Crippen LogP contribution in [0.3, 0.4) is 0 Å². The molecule has 0 spiro atoms. The summed E-state index contributed by atoms with van der Waals surface area (Å²) in [7, 11) is 0. The Labute approximate surface area is 174 Å². The molecule has 0 aliphatic carbocycles. The van der Waals surface area contributed by atoms with Gasteiger partial charge in [-0.1, -0.05) is 25.1 Å². The first-order chi connectivity index (χ1) is 13.5. The van der Waals surface area contributed by atoms with Crippen LogP contribution >= 0.6 is 12.2 Å². The van der Waals surface area contributed by atoms with Crippen LogP contribution in [0.1, 0.15) is 39.2 Å². The van der Waals surface area contributed by atoms with E-state index in [0.717, 1.165) is 30.4 Å². The van der Waals surface area contributed by atoms with Crippen LogP contribution in [0.25, 0.3) is 0 Å². The normalized spacial score (nSPS) is 16.7. The summed E-state index contributed by atoms with van der Waals surface area (Å²) in [5, 5.41) is 7.11. The van der Waals surface area contributed by atoms with Crippen molar-refractivity contribution in [3.63, 3.8) is 0 Å². The van der Waals surface area contributed by atoms with Crippen molar-refractivity contribution in [1.82, 2.24) is 5.32 Å². The highest BCUT2D eigenvalue weighted by Crippen LogP contribution is 2.23. The Balaban J connectivity index is 1.49. The largest absolute Gasteiger partial charge is 0.491 e. The standard InChI is InChI=1S/C23H31N3OS/c1-17(2)27-22-8-4-7-20(14-22)25-23(28)24-15-19-9-11-21(12-10-19)26-13-5-6-18(3)16-26/h4,7-12,14,17-18H,5-6,13,15-16H2,1-3H3,(H2,24,25,28)/t18-/m0/s1. The molecule has 1 fully saturated rings. The maximum atomic E-state index is 5.73. The fourth-order valence-corrected chi connectivity index (χ4v) is 3.72. The van der Waals surface area contributed by atoms with E-state index in [-0.39, 0.29) is 6.10 Å². The molecule has 0 radical (unpaired) electrons. The molecule has 2 N–H and O–H groups in total. The third-order valence-corrected chi connectivity index (χ3v) is 5.12. The lowest BCUT2D eigenvalue weighted by molar-refractivity contribution is 0.242. The van der Waals surface area contributed by atoms with Gasteiger partial charge in [0.15, 0.2) is 5.11 Å². The minimum atomic E-state index is 0.149. The molecule has 1 aliphatic rings. The van der Waals surface area contributed by atoms with Crippen LogP contribution in [0, 0.1) is 5.92 Å². The van der Waals surface area contributed by atoms with Gasteiger partial charge in [-0.25, -0.2) is 0 Å². The zero-order valence-corrected chi connectivity index (χ0v) is 17.9. The lowest BCUT2D eigenvalue weighted by Gasteiger charge is -2.32. The maximum Gasteiger partial charge on any atom is 0.171 e. The van der Waals surface area contributed by atoms with Crippen molar-refractivity contribution in [3.8, 4) is 5.75 Å². The Kier molecular flexibility index (Phi) is 7.15. The predicted molar refractivity (Wildman–Crippen MR) is 122 cm³/mol. The van der Waals surface area contributed by atoms with Crippen LogP contribution in [0.4, 0.5) is 11.4 Å². The number of benzene rings is 2. The number of nitrogens with one attached hydrogen (secondary N) is 2. The van der Waals surface area contributed by atoms with E-state index in [0.29, 0.717) is 11.7 Å². The van der Waals surface area contributed by atoms with Gasteiger partial charge < -0.3 is 20.3 Å². The molecule has 1 heterocycles. The lowest BCUT2D eigenvalue weighted by atomic mass is 9.99. The highest BCUT2D eigenvalue weighted by molar-refractivity contribution is 7.80. The molecule has 2 aromatic rings. The molecule has 28 heavy (non-hydrogen) atoms. The topological polar surface area (TPSA) is 36.5 Å². The number of ether oxygens (including phenoxy) is 1. The Morgan fingerprint density at radius 3 is 2.71 bits per heavy atom. The van der Waals surface area contributed by atoms with Gasteiger partial charge >= 0.3 is 0 Å². The smallest absolute Gasteiger partial charge is 0.171 e. The second-order valence-electron chi connectivity index (χ2n) is 7.86. The number of thiocarbonyl (C=S) groups is 1. The summed E-state index contributed by atoms with van der Waals surface area (Å²) in [5.74, 6) is 1.62. The van der Waals surface area contributed by atoms with E-state index in [9.17, 15) is 0 Å². The van der Waals surface area contributed by atoms with Gasteiger partial charge in [0.25, 0.3) is 0 Å². The van der Waals surface area contributed by atoms with Gasteiger partial charge in [0.1, 0.15) is 5.75 Å². The number of hydrogen-bond acceptors (Lipinski definition) is 3. The first kappa shape index (κ1) is 20.5. The van der Waals surface area contributed by atoms with E-state index in [4.69, 9.17) is 17.0 Å². The molecular weight excluding hydrogens is 366 g/mol. The van der Waals surface area contributed by atoms with Crippen LogP contribution in [0.15, 0.2) is 48.5 Å². The second kappa shape index (κ2) is 9.78. The summed E-state index contributed by atoms with van der Waals surface area (Å²) in [5.41, 5.74) is 3.46. The monoisotopic (exact) mass is 397 g/mol. The molecule has 0 bridgehead atoms. The van der Waals surface area contributed by atoms with Crippen molar-refractivity contribution >= 4 is 28.7 Å². The Bertz CT molecular complexity index is 776. The zero-order chi connectivity index (χ0) is 19.9. The number of piperidine rings is 1. The van der Waals surface area contributed by atoms with Crippen molar-refractivity contribution in [2.45, 2.75) is 46.3 Å². The summed E-state index contributed by atoms with van der Waals surface area (Å²) >= 11 is 5.44. The van der Waals surface area contributed by atoms with Crippen molar-refractivity contribution in [2.75, 3.05) is 23.3 Å². The van der Waals surface area contributed by atoms with E-state index in [1.807, 2.05) is 38.1 Å². The number of nitrogens with zero attached hydrogens (tertiary/aromatic N) is 1. The highest BCUT2D eigenvalue weighted by atomic mass is 32.1. The van der Waals surface area contributed by atoms with Crippen molar-refractivity contribution < 1.29 is 4.74 Å². The highest BCUT2D eigenvalue weighted by Gasteiger charge is 2.16. The number of rotatable bonds is 6. The van der Waals surface area contributed by atoms with E-state index >= 15 is 0 Å². The summed E-state index contributed by atoms with van der Waals surface area (Å²) < 4.78 is 5.73. The summed E-state index contributed by atoms with van der Waals surface area (Å²) in [6.45, 7) is 9.39. The molecule has 1 atom stereocenters. The van der Waals surface area contributed by atoms with E-state index in [1.54, 1.807) is 0 Å². The van der Waals surface area contributed by atoms with Crippen LogP contribution in [-0.4, -0.2) is 24.3 Å². The Hall–Kier alpha value is -2.27. The third-order valence-electron chi connectivity index (χ3n) is 4.88. The molecule has 2 aromatic carbocycles. The molecule has 1 aliphatic heterocycles. The molecular formula is C23H31N3OS. The molecule has 0 saturated carbocycles. The fourth-order valence-electron chi connectivity index (χ4n) is 3.53. The first-order valence-corrected chi connectivity index (χ1v) is 10.6. The third kappa shape index (κ3) is 6.13. The molecule has 0 aromatic heterocycles. The first-order valence-electron chi connectivity index (χ1n) is 10.1. The Morgan fingerprint density at radius 1 is 1.21 bits per heavy atom. The number of hydrogen-bond donors (Lipinski definition) is 2. The number of anilines is 2. The molecule has 0 amide bonds. The van der Waals surface area contributed by atoms with Crippen LogP contribution in [-0.2, 0) is 6.54 Å². The fraction of sp³-hybridized carbons (Fsp3) is 0.435. The summed E-state index contributed by atoms with van der Waals surface area (Å²) in [6.07, 6.45) is 2.78. The Morgan fingerprint density at radius 2 is 2.00 bits per heavy atom. The van der Waals surface area contributed by atoms with E-state index < -0.39 is 0 Å². The van der Waals surface area contributed by atoms with Gasteiger partial charge in [0.2, 0.25) is 0 Å². The maximum absolute atomic E-state index is 5.73. The zero-order valence-electron chi connectivity index (χ0n) is 17.1. The molecule has 150 valence electrons. The molecule has 4 nitrogen and oxygen atoms in total. The lowest BCUT2D eigenvalue weighted by Crippen LogP contribution is -2.34. The van der Waals surface area contributed by atoms with Crippen LogP contribution in [0.2, 0.25) is 0 Å². The summed E-state index contributed by atoms with van der Waals surface area (Å²) in [4.78, 5) is 2.49. The van der Waals surface area contributed by atoms with E-state index in [1.165, 1.54) is 24.1 Å². The average molecular weight is 398 g/mol. The average Bonchev–Trinajstić information content (AvgIpc) is 2.66.